The Balaban J connectivity index is 1.57. The number of rotatable bonds is 6. The molecule has 1 unspecified atom stereocenters. The fourth-order valence-corrected chi connectivity index (χ4v) is 6.73. The Morgan fingerprint density at radius 2 is 1.89 bits per heavy atom. The summed E-state index contributed by atoms with van der Waals surface area (Å²) in [4.78, 5) is 31.9. The van der Waals surface area contributed by atoms with Crippen molar-refractivity contribution in [2.75, 3.05) is 6.61 Å². The zero-order valence-corrected chi connectivity index (χ0v) is 26.5. The van der Waals surface area contributed by atoms with Crippen molar-refractivity contribution in [3.8, 4) is 16.9 Å². The summed E-state index contributed by atoms with van der Waals surface area (Å²) in [7, 11) is 1.91. The van der Waals surface area contributed by atoms with Crippen molar-refractivity contribution < 1.29 is 14.3 Å². The van der Waals surface area contributed by atoms with Crippen LogP contribution in [-0.2, 0) is 29.5 Å². The van der Waals surface area contributed by atoms with Gasteiger partial charge in [0, 0.05) is 47.5 Å². The molecule has 0 saturated carbocycles. The third-order valence-electron chi connectivity index (χ3n) is 8.69. The highest BCUT2D eigenvalue weighted by Gasteiger charge is 2.31. The second-order valence-electron chi connectivity index (χ2n) is 12.9. The minimum Gasteiger partial charge on any atom is -0.493 e. The molecule has 3 aromatic carbocycles. The van der Waals surface area contributed by atoms with Crippen LogP contribution in [0.2, 0.25) is 0 Å². The number of aromatic nitrogens is 4. The zero-order valence-electron chi connectivity index (χ0n) is 26.5. The maximum atomic E-state index is 13.6. The molecule has 0 saturated heterocycles. The average molecular weight is 601 g/mol. The number of carbonyl (C=O) groups excluding carboxylic acids is 1. The molecule has 7 rings (SSSR count). The Labute approximate surface area is 261 Å². The number of ketones is 1. The standard InChI is InChI=1S/C37H36N4O4/c1-21-18-29-25(11-13-31(43)41(29)20-24-8-7-9-28-27(24)19-39-40(28)6)34(32(21)36(22(2)42)45-37(3,4)5)26-10-12-30-33-23(15-17-44-30)14-16-38-35(26)33/h7-14,16,18-19,36H,15,17,20H2,1-6H3. The molecule has 0 radical (unpaired) electrons. The summed E-state index contributed by atoms with van der Waals surface area (Å²) >= 11 is 0. The number of benzene rings is 3. The van der Waals surface area contributed by atoms with Crippen LogP contribution >= 0.6 is 0 Å². The Bertz CT molecular complexity index is 2210. The Morgan fingerprint density at radius 3 is 2.67 bits per heavy atom. The quantitative estimate of drug-likeness (QED) is 0.208. The first-order valence-corrected chi connectivity index (χ1v) is 15.3. The third-order valence-corrected chi connectivity index (χ3v) is 8.69. The molecule has 1 atom stereocenters. The highest BCUT2D eigenvalue weighted by molar-refractivity contribution is 6.08. The SMILES string of the molecule is CC(=O)C(OC(C)(C)C)c1c(C)cc2c(ccc(=O)n2Cc2cccc3c2cnn3C)c1-c1ccc2c3c(ccnc13)CCO2. The van der Waals surface area contributed by atoms with Gasteiger partial charge >= 0.3 is 0 Å². The second-order valence-corrected chi connectivity index (χ2v) is 12.9. The van der Waals surface area contributed by atoms with Gasteiger partial charge in [-0.05, 0) is 98.8 Å². The molecule has 8 heteroatoms. The first kappa shape index (κ1) is 28.9. The summed E-state index contributed by atoms with van der Waals surface area (Å²) in [6.07, 6.45) is 3.66. The van der Waals surface area contributed by atoms with Gasteiger partial charge in [-0.15, -0.1) is 0 Å². The normalized spacial score (nSPS) is 13.8. The van der Waals surface area contributed by atoms with E-state index < -0.39 is 11.7 Å². The number of pyridine rings is 2. The van der Waals surface area contributed by atoms with E-state index in [1.54, 1.807) is 13.0 Å². The summed E-state index contributed by atoms with van der Waals surface area (Å²) in [5.74, 6) is 0.710. The van der Waals surface area contributed by atoms with Gasteiger partial charge in [0.25, 0.3) is 5.56 Å². The molecule has 6 aromatic rings. The largest absolute Gasteiger partial charge is 0.493 e. The molecule has 0 bridgehead atoms. The minimum atomic E-state index is -0.823. The predicted molar refractivity (Wildman–Crippen MR) is 177 cm³/mol. The summed E-state index contributed by atoms with van der Waals surface area (Å²) in [5, 5.41) is 7.27. The monoisotopic (exact) mass is 600 g/mol. The fraction of sp³-hybridized carbons (Fsp3) is 0.297. The highest BCUT2D eigenvalue weighted by atomic mass is 16.5. The summed E-state index contributed by atoms with van der Waals surface area (Å²) in [5.41, 5.74) is 7.40. The second kappa shape index (κ2) is 10.7. The maximum absolute atomic E-state index is 13.6. The molecule has 45 heavy (non-hydrogen) atoms. The third kappa shape index (κ3) is 4.90. The topological polar surface area (TPSA) is 88.2 Å². The summed E-state index contributed by atoms with van der Waals surface area (Å²) in [6, 6.07) is 17.6. The van der Waals surface area contributed by atoms with Crippen molar-refractivity contribution in [1.29, 1.82) is 0 Å². The van der Waals surface area contributed by atoms with Gasteiger partial charge in [-0.25, -0.2) is 0 Å². The van der Waals surface area contributed by atoms with Crippen molar-refractivity contribution in [1.82, 2.24) is 19.3 Å². The predicted octanol–water partition coefficient (Wildman–Crippen LogP) is 6.84. The number of hydrogen-bond acceptors (Lipinski definition) is 6. The van der Waals surface area contributed by atoms with Crippen LogP contribution in [0.1, 0.15) is 56.1 Å². The van der Waals surface area contributed by atoms with Crippen LogP contribution < -0.4 is 10.3 Å². The van der Waals surface area contributed by atoms with Crippen molar-refractivity contribution in [3.63, 3.8) is 0 Å². The van der Waals surface area contributed by atoms with Gasteiger partial charge < -0.3 is 14.0 Å². The van der Waals surface area contributed by atoms with Gasteiger partial charge in [0.15, 0.2) is 5.78 Å². The van der Waals surface area contributed by atoms with Crippen molar-refractivity contribution in [2.24, 2.45) is 7.05 Å². The first-order valence-electron chi connectivity index (χ1n) is 15.3. The van der Waals surface area contributed by atoms with Crippen LogP contribution in [-0.4, -0.2) is 37.3 Å². The van der Waals surface area contributed by atoms with Gasteiger partial charge in [-0.2, -0.15) is 5.10 Å². The molecule has 8 nitrogen and oxygen atoms in total. The number of aryl methyl sites for hydroxylation is 2. The lowest BCUT2D eigenvalue weighted by atomic mass is 9.85. The van der Waals surface area contributed by atoms with Gasteiger partial charge in [0.2, 0.25) is 0 Å². The molecule has 1 aliphatic heterocycles. The van der Waals surface area contributed by atoms with E-state index in [1.165, 1.54) is 5.56 Å². The summed E-state index contributed by atoms with van der Waals surface area (Å²) < 4.78 is 16.2. The van der Waals surface area contributed by atoms with Gasteiger partial charge in [-0.3, -0.25) is 19.3 Å². The summed E-state index contributed by atoms with van der Waals surface area (Å²) in [6.45, 7) is 10.4. The number of Topliss-reactive ketones (excluding diaryl/α,β-unsaturated/α-hetero) is 1. The van der Waals surface area contributed by atoms with E-state index in [9.17, 15) is 9.59 Å². The van der Waals surface area contributed by atoms with Crippen LogP contribution in [0.25, 0.3) is 43.8 Å². The lowest BCUT2D eigenvalue weighted by Gasteiger charge is -2.30. The Kier molecular flexibility index (Phi) is 6.85. The smallest absolute Gasteiger partial charge is 0.251 e. The van der Waals surface area contributed by atoms with E-state index in [0.717, 1.165) is 72.7 Å². The van der Waals surface area contributed by atoms with Crippen LogP contribution in [0.3, 0.4) is 0 Å². The average Bonchev–Trinajstić information content (AvgIpc) is 3.38. The van der Waals surface area contributed by atoms with Crippen molar-refractivity contribution in [3.05, 3.63) is 99.6 Å². The van der Waals surface area contributed by atoms with E-state index in [2.05, 4.69) is 5.10 Å². The van der Waals surface area contributed by atoms with E-state index in [0.29, 0.717) is 13.2 Å². The number of hydrogen-bond donors (Lipinski definition) is 0. The molecular weight excluding hydrogens is 564 g/mol. The van der Waals surface area contributed by atoms with Crippen LogP contribution in [0.4, 0.5) is 0 Å². The molecule has 1 aliphatic rings. The molecule has 0 fully saturated rings. The van der Waals surface area contributed by atoms with E-state index >= 15 is 0 Å². The molecule has 0 amide bonds. The molecule has 0 N–H and O–H groups in total. The minimum absolute atomic E-state index is 0.0933. The molecule has 3 aromatic heterocycles. The van der Waals surface area contributed by atoms with Gasteiger partial charge in [-0.1, -0.05) is 12.1 Å². The Hall–Kier alpha value is -4.82. The van der Waals surface area contributed by atoms with Crippen molar-refractivity contribution in [2.45, 2.75) is 59.3 Å². The Morgan fingerprint density at radius 1 is 1.07 bits per heavy atom. The maximum Gasteiger partial charge on any atom is 0.251 e. The van der Waals surface area contributed by atoms with Crippen molar-refractivity contribution >= 4 is 38.5 Å². The fourth-order valence-electron chi connectivity index (χ4n) is 6.73. The molecule has 4 heterocycles. The van der Waals surface area contributed by atoms with Crippen LogP contribution in [0.5, 0.6) is 5.75 Å². The lowest BCUT2D eigenvalue weighted by molar-refractivity contribution is -0.138. The lowest BCUT2D eigenvalue weighted by Crippen LogP contribution is -2.27. The molecule has 228 valence electrons. The van der Waals surface area contributed by atoms with E-state index in [4.69, 9.17) is 14.5 Å². The highest BCUT2D eigenvalue weighted by Crippen LogP contribution is 2.45. The number of ether oxygens (including phenoxy) is 2. The zero-order chi connectivity index (χ0) is 31.6. The molecular formula is C37H36N4O4. The van der Waals surface area contributed by atoms with Gasteiger partial charge in [0.1, 0.15) is 11.9 Å². The number of fused-ring (bicyclic) bond motifs is 2. The number of nitrogens with zero attached hydrogens (tertiary/aromatic N) is 4. The number of carbonyl (C=O) groups is 1. The molecule has 0 aliphatic carbocycles. The van der Waals surface area contributed by atoms with E-state index in [-0.39, 0.29) is 11.3 Å². The molecule has 0 spiro atoms. The van der Waals surface area contributed by atoms with Crippen LogP contribution in [0, 0.1) is 6.92 Å². The van der Waals surface area contributed by atoms with Gasteiger partial charge in [0.05, 0.1) is 41.5 Å². The van der Waals surface area contributed by atoms with E-state index in [1.807, 2.05) is 105 Å². The first-order chi connectivity index (χ1) is 21.5. The van der Waals surface area contributed by atoms with Crippen LogP contribution in [0.15, 0.2) is 71.8 Å².